The molecule has 0 saturated heterocycles. The third-order valence-corrected chi connectivity index (χ3v) is 4.01. The monoisotopic (exact) mass is 293 g/mol. The van der Waals surface area contributed by atoms with Crippen molar-refractivity contribution in [2.24, 2.45) is 5.41 Å². The number of nitrogens with one attached hydrogen (secondary N) is 2. The fourth-order valence-corrected chi connectivity index (χ4v) is 2.68. The van der Waals surface area contributed by atoms with Crippen LogP contribution in [0.4, 0.5) is 11.9 Å². The van der Waals surface area contributed by atoms with Crippen molar-refractivity contribution >= 4 is 11.9 Å². The summed E-state index contributed by atoms with van der Waals surface area (Å²) in [6.45, 7) is 5.91. The van der Waals surface area contributed by atoms with Crippen molar-refractivity contribution in [3.63, 3.8) is 0 Å². The molecule has 1 aromatic rings. The summed E-state index contributed by atoms with van der Waals surface area (Å²) in [5, 5.41) is 6.31. The Labute approximate surface area is 127 Å². The molecule has 0 radical (unpaired) electrons. The van der Waals surface area contributed by atoms with Crippen LogP contribution in [0.15, 0.2) is 0 Å². The maximum absolute atomic E-state index is 5.51. The van der Waals surface area contributed by atoms with Gasteiger partial charge in [-0.25, -0.2) is 0 Å². The van der Waals surface area contributed by atoms with Gasteiger partial charge in [-0.1, -0.05) is 33.1 Å². The molecule has 1 heterocycles. The molecule has 118 valence electrons. The minimum Gasteiger partial charge on any atom is -0.463 e. The molecule has 1 saturated carbocycles. The lowest BCUT2D eigenvalue weighted by molar-refractivity contribution is 0.232. The summed E-state index contributed by atoms with van der Waals surface area (Å²) in [6.07, 6.45) is 7.47. The lowest BCUT2D eigenvalue weighted by atomic mass is 9.76. The van der Waals surface area contributed by atoms with E-state index in [1.165, 1.54) is 32.1 Å². The predicted octanol–water partition coefficient (Wildman–Crippen LogP) is 3.08. The second-order valence-electron chi connectivity index (χ2n) is 6.09. The molecule has 6 heteroatoms. The molecule has 1 aromatic heterocycles. The zero-order valence-electron chi connectivity index (χ0n) is 13.4. The first-order valence-corrected chi connectivity index (χ1v) is 7.96. The van der Waals surface area contributed by atoms with E-state index in [-0.39, 0.29) is 0 Å². The van der Waals surface area contributed by atoms with Gasteiger partial charge in [0.2, 0.25) is 11.9 Å². The summed E-state index contributed by atoms with van der Waals surface area (Å²) >= 11 is 0. The van der Waals surface area contributed by atoms with Crippen LogP contribution in [0.5, 0.6) is 6.01 Å². The first kappa shape index (κ1) is 15.8. The molecule has 0 bridgehead atoms. The van der Waals surface area contributed by atoms with Gasteiger partial charge in [0.05, 0.1) is 6.61 Å². The molecule has 0 unspecified atom stereocenters. The van der Waals surface area contributed by atoms with Gasteiger partial charge in [0, 0.05) is 13.6 Å². The molecular weight excluding hydrogens is 266 g/mol. The predicted molar refractivity (Wildman–Crippen MR) is 84.8 cm³/mol. The Morgan fingerprint density at radius 1 is 1.10 bits per heavy atom. The molecule has 0 aromatic carbocycles. The van der Waals surface area contributed by atoms with E-state index in [2.05, 4.69) is 39.4 Å². The van der Waals surface area contributed by atoms with Crippen molar-refractivity contribution in [1.29, 1.82) is 0 Å². The molecule has 2 rings (SSSR count). The second kappa shape index (κ2) is 7.43. The lowest BCUT2D eigenvalue weighted by Crippen LogP contribution is -2.29. The maximum atomic E-state index is 5.51. The van der Waals surface area contributed by atoms with Crippen molar-refractivity contribution in [2.75, 3.05) is 30.8 Å². The van der Waals surface area contributed by atoms with Gasteiger partial charge in [0.1, 0.15) is 0 Å². The first-order valence-electron chi connectivity index (χ1n) is 7.96. The molecule has 0 atom stereocenters. The number of hydrogen-bond acceptors (Lipinski definition) is 6. The van der Waals surface area contributed by atoms with E-state index < -0.39 is 0 Å². The van der Waals surface area contributed by atoms with Crippen LogP contribution in [0.2, 0.25) is 0 Å². The Morgan fingerprint density at radius 3 is 2.48 bits per heavy atom. The molecule has 0 aliphatic heterocycles. The standard InChI is InChI=1S/C15H27N5O/c1-4-10-21-14-19-12(16-3)18-13(20-14)17-11-15(2)8-6-5-7-9-15/h4-11H2,1-3H3,(H2,16,17,18,19,20). The molecule has 2 N–H and O–H groups in total. The smallest absolute Gasteiger partial charge is 0.323 e. The normalized spacial score (nSPS) is 17.3. The minimum atomic E-state index is 0.342. The maximum Gasteiger partial charge on any atom is 0.323 e. The van der Waals surface area contributed by atoms with Gasteiger partial charge >= 0.3 is 6.01 Å². The third-order valence-electron chi connectivity index (χ3n) is 4.01. The van der Waals surface area contributed by atoms with E-state index in [1.54, 1.807) is 7.05 Å². The number of hydrogen-bond donors (Lipinski definition) is 2. The third kappa shape index (κ3) is 4.72. The van der Waals surface area contributed by atoms with Crippen LogP contribution in [0.1, 0.15) is 52.4 Å². The minimum absolute atomic E-state index is 0.342. The van der Waals surface area contributed by atoms with Crippen LogP contribution in [0.25, 0.3) is 0 Å². The van der Waals surface area contributed by atoms with Crippen molar-refractivity contribution in [1.82, 2.24) is 15.0 Å². The molecule has 0 spiro atoms. The van der Waals surface area contributed by atoms with Crippen LogP contribution in [0, 0.1) is 5.41 Å². The van der Waals surface area contributed by atoms with E-state index in [9.17, 15) is 0 Å². The van der Waals surface area contributed by atoms with Crippen LogP contribution in [-0.2, 0) is 0 Å². The summed E-state index contributed by atoms with van der Waals surface area (Å²) in [7, 11) is 1.80. The van der Waals surface area contributed by atoms with Crippen molar-refractivity contribution in [3.05, 3.63) is 0 Å². The van der Waals surface area contributed by atoms with Crippen molar-refractivity contribution < 1.29 is 4.74 Å². The van der Waals surface area contributed by atoms with Crippen LogP contribution < -0.4 is 15.4 Å². The van der Waals surface area contributed by atoms with Gasteiger partial charge in [-0.05, 0) is 24.7 Å². The second-order valence-corrected chi connectivity index (χ2v) is 6.09. The number of anilines is 2. The summed E-state index contributed by atoms with van der Waals surface area (Å²) in [6, 6.07) is 0.382. The Morgan fingerprint density at radius 2 is 1.81 bits per heavy atom. The van der Waals surface area contributed by atoms with Gasteiger partial charge in [0.25, 0.3) is 0 Å². The van der Waals surface area contributed by atoms with Gasteiger partial charge in [-0.15, -0.1) is 0 Å². The van der Waals surface area contributed by atoms with Crippen molar-refractivity contribution in [3.8, 4) is 6.01 Å². The summed E-state index contributed by atoms with van der Waals surface area (Å²) < 4.78 is 5.51. The number of ether oxygens (including phenoxy) is 1. The fraction of sp³-hybridized carbons (Fsp3) is 0.800. The zero-order chi connectivity index (χ0) is 15.1. The average Bonchev–Trinajstić information content (AvgIpc) is 2.51. The Kier molecular flexibility index (Phi) is 5.59. The quantitative estimate of drug-likeness (QED) is 0.805. The highest BCUT2D eigenvalue weighted by molar-refractivity contribution is 5.35. The largest absolute Gasteiger partial charge is 0.463 e. The molecule has 1 fully saturated rings. The van der Waals surface area contributed by atoms with Gasteiger partial charge in [0.15, 0.2) is 0 Å². The molecule has 0 amide bonds. The van der Waals surface area contributed by atoms with E-state index in [4.69, 9.17) is 4.74 Å². The molecule has 21 heavy (non-hydrogen) atoms. The van der Waals surface area contributed by atoms with Gasteiger partial charge in [-0.2, -0.15) is 15.0 Å². The van der Waals surface area contributed by atoms with E-state index >= 15 is 0 Å². The number of rotatable bonds is 7. The SMILES string of the molecule is CCCOc1nc(NC)nc(NCC2(C)CCCCC2)n1. The average molecular weight is 293 g/mol. The summed E-state index contributed by atoms with van der Waals surface area (Å²) in [4.78, 5) is 12.9. The lowest BCUT2D eigenvalue weighted by Gasteiger charge is -2.33. The zero-order valence-corrected chi connectivity index (χ0v) is 13.4. The van der Waals surface area contributed by atoms with Crippen LogP contribution in [0.3, 0.4) is 0 Å². The fourth-order valence-electron chi connectivity index (χ4n) is 2.68. The van der Waals surface area contributed by atoms with Crippen LogP contribution >= 0.6 is 0 Å². The number of nitrogens with zero attached hydrogens (tertiary/aromatic N) is 3. The topological polar surface area (TPSA) is 72.0 Å². The summed E-state index contributed by atoms with van der Waals surface area (Å²) in [5.74, 6) is 1.12. The molecule has 6 nitrogen and oxygen atoms in total. The molecule has 1 aliphatic rings. The highest BCUT2D eigenvalue weighted by Crippen LogP contribution is 2.35. The van der Waals surface area contributed by atoms with E-state index in [0.29, 0.717) is 29.9 Å². The molecular formula is C15H27N5O. The summed E-state index contributed by atoms with van der Waals surface area (Å²) in [5.41, 5.74) is 0.342. The van der Waals surface area contributed by atoms with Crippen LogP contribution in [-0.4, -0.2) is 35.2 Å². The number of aromatic nitrogens is 3. The Bertz CT molecular complexity index is 446. The highest BCUT2D eigenvalue weighted by Gasteiger charge is 2.26. The first-order chi connectivity index (χ1) is 10.1. The Hall–Kier alpha value is -1.59. The highest BCUT2D eigenvalue weighted by atomic mass is 16.5. The van der Waals surface area contributed by atoms with E-state index in [1.807, 2.05) is 0 Å². The van der Waals surface area contributed by atoms with Gasteiger partial charge < -0.3 is 15.4 Å². The Balaban J connectivity index is 2.00. The van der Waals surface area contributed by atoms with Gasteiger partial charge in [-0.3, -0.25) is 0 Å². The van der Waals surface area contributed by atoms with Crippen molar-refractivity contribution in [2.45, 2.75) is 52.4 Å². The van der Waals surface area contributed by atoms with E-state index in [0.717, 1.165) is 13.0 Å². The molecule has 1 aliphatic carbocycles.